The topological polar surface area (TPSA) is 69.0 Å². The molecule has 2 aromatic carbocycles. The lowest BCUT2D eigenvalue weighted by atomic mass is 10.0. The molecule has 1 amide bonds. The Balaban J connectivity index is 1.77. The Morgan fingerprint density at radius 2 is 1.93 bits per heavy atom. The van der Waals surface area contributed by atoms with Crippen LogP contribution in [-0.2, 0) is 11.3 Å². The van der Waals surface area contributed by atoms with Gasteiger partial charge in [-0.05, 0) is 29.7 Å². The minimum atomic E-state index is -0.0832. The zero-order valence-electron chi connectivity index (χ0n) is 17.5. The molecule has 7 heteroatoms. The number of amides is 1. The van der Waals surface area contributed by atoms with Gasteiger partial charge >= 0.3 is 0 Å². The van der Waals surface area contributed by atoms with Crippen LogP contribution in [0, 0.1) is 0 Å². The summed E-state index contributed by atoms with van der Waals surface area (Å²) in [6.45, 7) is 8.58. The molecule has 0 bridgehead atoms. The number of hydrogen-bond donors (Lipinski definition) is 1. The summed E-state index contributed by atoms with van der Waals surface area (Å²) in [5, 5.41) is 12.3. The van der Waals surface area contributed by atoms with Crippen LogP contribution in [0.5, 0.6) is 5.75 Å². The van der Waals surface area contributed by atoms with Crippen molar-refractivity contribution in [1.82, 2.24) is 14.8 Å². The zero-order valence-corrected chi connectivity index (χ0v) is 18.3. The third kappa shape index (κ3) is 4.91. The number of benzene rings is 2. The molecule has 3 rings (SSSR count). The van der Waals surface area contributed by atoms with Crippen LogP contribution in [0.1, 0.15) is 25.3 Å². The highest BCUT2D eigenvalue weighted by atomic mass is 32.2. The lowest BCUT2D eigenvalue weighted by Gasteiger charge is -2.13. The molecule has 0 fully saturated rings. The third-order valence-corrected chi connectivity index (χ3v) is 5.53. The third-order valence-electron chi connectivity index (χ3n) is 4.57. The number of carbonyl (C=O) groups excluding carboxylic acids is 1. The predicted octanol–water partition coefficient (Wildman–Crippen LogP) is 4.99. The highest BCUT2D eigenvalue weighted by Gasteiger charge is 2.18. The van der Waals surface area contributed by atoms with E-state index in [1.54, 1.807) is 13.2 Å². The number of nitrogens with one attached hydrogen (secondary N) is 1. The molecule has 0 radical (unpaired) electrons. The standard InChI is InChI=1S/C23H26N4O2S/c1-5-14-27-22(18-11-7-9-13-20(18)29-4)25-26-23(27)30-15-21(28)24-19-12-8-6-10-17(19)16(2)3/h5-13,16H,1,14-15H2,2-4H3,(H,24,28). The van der Waals surface area contributed by atoms with E-state index >= 15 is 0 Å². The van der Waals surface area contributed by atoms with Crippen molar-refractivity contribution in [3.05, 3.63) is 66.7 Å². The van der Waals surface area contributed by atoms with E-state index in [-0.39, 0.29) is 11.7 Å². The molecule has 3 aromatic rings. The van der Waals surface area contributed by atoms with Gasteiger partial charge in [-0.2, -0.15) is 0 Å². The van der Waals surface area contributed by atoms with E-state index in [0.29, 0.717) is 23.4 Å². The van der Waals surface area contributed by atoms with Gasteiger partial charge in [0.15, 0.2) is 11.0 Å². The van der Waals surface area contributed by atoms with Crippen LogP contribution in [0.4, 0.5) is 5.69 Å². The molecule has 0 aliphatic carbocycles. The highest BCUT2D eigenvalue weighted by Crippen LogP contribution is 2.31. The Labute approximate surface area is 181 Å². The number of rotatable bonds is 9. The molecule has 6 nitrogen and oxygen atoms in total. The Hall–Kier alpha value is -3.06. The number of aromatic nitrogens is 3. The number of ether oxygens (including phenoxy) is 1. The molecule has 0 unspecified atom stereocenters. The fraction of sp³-hybridized carbons (Fsp3) is 0.261. The highest BCUT2D eigenvalue weighted by molar-refractivity contribution is 7.99. The maximum Gasteiger partial charge on any atom is 0.234 e. The second-order valence-corrected chi connectivity index (χ2v) is 7.93. The Bertz CT molecular complexity index is 1030. The van der Waals surface area contributed by atoms with E-state index in [4.69, 9.17) is 4.74 Å². The van der Waals surface area contributed by atoms with Gasteiger partial charge in [0.25, 0.3) is 0 Å². The van der Waals surface area contributed by atoms with Crippen molar-refractivity contribution in [2.75, 3.05) is 18.2 Å². The van der Waals surface area contributed by atoms with Crippen molar-refractivity contribution in [3.63, 3.8) is 0 Å². The van der Waals surface area contributed by atoms with Crippen LogP contribution in [0.15, 0.2) is 66.3 Å². The van der Waals surface area contributed by atoms with Crippen LogP contribution in [0.25, 0.3) is 11.4 Å². The van der Waals surface area contributed by atoms with Crippen molar-refractivity contribution in [1.29, 1.82) is 0 Å². The summed E-state index contributed by atoms with van der Waals surface area (Å²) >= 11 is 1.35. The van der Waals surface area contributed by atoms with E-state index in [0.717, 1.165) is 22.6 Å². The van der Waals surface area contributed by atoms with Crippen molar-refractivity contribution in [2.45, 2.75) is 31.5 Å². The molecule has 30 heavy (non-hydrogen) atoms. The van der Waals surface area contributed by atoms with Gasteiger partial charge in [0.1, 0.15) is 5.75 Å². The van der Waals surface area contributed by atoms with Gasteiger partial charge in [-0.3, -0.25) is 9.36 Å². The number of hydrogen-bond acceptors (Lipinski definition) is 5. The second-order valence-electron chi connectivity index (χ2n) is 6.98. The Morgan fingerprint density at radius 1 is 1.20 bits per heavy atom. The second kappa shape index (κ2) is 10.1. The van der Waals surface area contributed by atoms with Gasteiger partial charge in [0.2, 0.25) is 5.91 Å². The summed E-state index contributed by atoms with van der Waals surface area (Å²) in [4.78, 5) is 12.6. The number of thioether (sulfide) groups is 1. The number of para-hydroxylation sites is 2. The molecule has 0 atom stereocenters. The van der Waals surface area contributed by atoms with Crippen molar-refractivity contribution in [3.8, 4) is 17.1 Å². The normalized spacial score (nSPS) is 10.8. The summed E-state index contributed by atoms with van der Waals surface area (Å²) in [6, 6.07) is 15.5. The molecule has 1 heterocycles. The molecule has 0 aliphatic heterocycles. The Kier molecular flexibility index (Phi) is 7.30. The predicted molar refractivity (Wildman–Crippen MR) is 122 cm³/mol. The first-order chi connectivity index (χ1) is 14.5. The molecule has 0 spiro atoms. The van der Waals surface area contributed by atoms with Crippen molar-refractivity contribution >= 4 is 23.4 Å². The minimum absolute atomic E-state index is 0.0832. The number of carbonyl (C=O) groups is 1. The zero-order chi connectivity index (χ0) is 21.5. The van der Waals surface area contributed by atoms with E-state index in [9.17, 15) is 4.79 Å². The van der Waals surface area contributed by atoms with Crippen LogP contribution < -0.4 is 10.1 Å². The smallest absolute Gasteiger partial charge is 0.234 e. The molecule has 0 saturated carbocycles. The van der Waals surface area contributed by atoms with Crippen LogP contribution in [0.3, 0.4) is 0 Å². The molecular formula is C23H26N4O2S. The van der Waals surface area contributed by atoms with E-state index in [2.05, 4.69) is 35.9 Å². The summed E-state index contributed by atoms with van der Waals surface area (Å²) in [6.07, 6.45) is 1.78. The van der Waals surface area contributed by atoms with Gasteiger partial charge in [-0.25, -0.2) is 0 Å². The number of allylic oxidation sites excluding steroid dienone is 1. The molecule has 0 saturated heterocycles. The fourth-order valence-electron chi connectivity index (χ4n) is 3.15. The largest absolute Gasteiger partial charge is 0.496 e. The van der Waals surface area contributed by atoms with E-state index in [1.807, 2.05) is 53.1 Å². The molecule has 156 valence electrons. The number of methoxy groups -OCH3 is 1. The summed E-state index contributed by atoms with van der Waals surface area (Å²) in [7, 11) is 1.63. The van der Waals surface area contributed by atoms with Crippen LogP contribution >= 0.6 is 11.8 Å². The van der Waals surface area contributed by atoms with Gasteiger partial charge in [0, 0.05) is 12.2 Å². The number of nitrogens with zero attached hydrogens (tertiary/aromatic N) is 3. The van der Waals surface area contributed by atoms with Gasteiger partial charge in [0.05, 0.1) is 18.4 Å². The maximum atomic E-state index is 12.6. The first-order valence-corrected chi connectivity index (χ1v) is 10.7. The average molecular weight is 423 g/mol. The summed E-state index contributed by atoms with van der Waals surface area (Å²) < 4.78 is 7.39. The molecule has 1 N–H and O–H groups in total. The minimum Gasteiger partial charge on any atom is -0.496 e. The van der Waals surface area contributed by atoms with Crippen LogP contribution in [-0.4, -0.2) is 33.5 Å². The van der Waals surface area contributed by atoms with Crippen molar-refractivity contribution < 1.29 is 9.53 Å². The first kappa shape index (κ1) is 21.6. The summed E-state index contributed by atoms with van der Waals surface area (Å²) in [5.74, 6) is 1.87. The van der Waals surface area contributed by atoms with E-state index in [1.165, 1.54) is 11.8 Å². The lowest BCUT2D eigenvalue weighted by Crippen LogP contribution is -2.16. The number of anilines is 1. The SMILES string of the molecule is C=CCn1c(SCC(=O)Nc2ccccc2C(C)C)nnc1-c1ccccc1OC. The fourth-order valence-corrected chi connectivity index (χ4v) is 3.90. The van der Waals surface area contributed by atoms with Gasteiger partial charge in [-0.15, -0.1) is 16.8 Å². The quantitative estimate of drug-likeness (QED) is 0.388. The summed E-state index contributed by atoms with van der Waals surface area (Å²) in [5.41, 5.74) is 2.81. The van der Waals surface area contributed by atoms with Gasteiger partial charge < -0.3 is 10.1 Å². The molecule has 0 aliphatic rings. The molecular weight excluding hydrogens is 396 g/mol. The van der Waals surface area contributed by atoms with Crippen molar-refractivity contribution in [2.24, 2.45) is 0 Å². The molecule has 1 aromatic heterocycles. The van der Waals surface area contributed by atoms with E-state index < -0.39 is 0 Å². The van der Waals surface area contributed by atoms with Crippen LogP contribution in [0.2, 0.25) is 0 Å². The first-order valence-electron chi connectivity index (χ1n) is 9.74. The Morgan fingerprint density at radius 3 is 2.67 bits per heavy atom. The average Bonchev–Trinajstić information content (AvgIpc) is 3.15. The lowest BCUT2D eigenvalue weighted by molar-refractivity contribution is -0.113. The maximum absolute atomic E-state index is 12.6. The van der Waals surface area contributed by atoms with Gasteiger partial charge in [-0.1, -0.05) is 62.0 Å². The monoisotopic (exact) mass is 422 g/mol.